The maximum Gasteiger partial charge on any atom is 0.272 e. The van der Waals surface area contributed by atoms with Crippen molar-refractivity contribution in [3.63, 3.8) is 0 Å². The summed E-state index contributed by atoms with van der Waals surface area (Å²) in [7, 11) is 5.09. The third-order valence-electron chi connectivity index (χ3n) is 10.3. The molecule has 1 fully saturated rings. The molecule has 59 heavy (non-hydrogen) atoms. The highest BCUT2D eigenvalue weighted by molar-refractivity contribution is 6.06. The van der Waals surface area contributed by atoms with E-state index in [4.69, 9.17) is 9.47 Å². The number of anilines is 4. The van der Waals surface area contributed by atoms with Gasteiger partial charge in [0.25, 0.3) is 17.7 Å². The maximum atomic E-state index is 13.3. The Bertz CT molecular complexity index is 2380. The summed E-state index contributed by atoms with van der Waals surface area (Å²) in [4.78, 5) is 59.0. The first kappa shape index (κ1) is 40.4. The van der Waals surface area contributed by atoms with Crippen LogP contribution in [0.25, 0.3) is 11.1 Å². The Kier molecular flexibility index (Phi) is 12.1. The lowest BCUT2D eigenvalue weighted by atomic mass is 10.0. The summed E-state index contributed by atoms with van der Waals surface area (Å²) in [5.41, 5.74) is 6.42. The zero-order valence-corrected chi connectivity index (χ0v) is 34.0. The van der Waals surface area contributed by atoms with Crippen LogP contribution >= 0.6 is 0 Å². The number of aromatic nitrogens is 2. The van der Waals surface area contributed by atoms with E-state index in [1.165, 1.54) is 7.11 Å². The Labute approximate surface area is 343 Å². The van der Waals surface area contributed by atoms with Crippen molar-refractivity contribution in [2.45, 2.75) is 58.0 Å². The summed E-state index contributed by atoms with van der Waals surface area (Å²) in [6, 6.07) is 22.1. The van der Waals surface area contributed by atoms with Crippen LogP contribution in [0.2, 0.25) is 0 Å². The summed E-state index contributed by atoms with van der Waals surface area (Å²) in [5.74, 6) is 0.0525. The molecule has 4 N–H and O–H groups in total. The van der Waals surface area contributed by atoms with Crippen molar-refractivity contribution in [2.24, 2.45) is 19.1 Å². The second-order valence-corrected chi connectivity index (χ2v) is 15.2. The summed E-state index contributed by atoms with van der Waals surface area (Å²) >= 11 is 0. The summed E-state index contributed by atoms with van der Waals surface area (Å²) in [5, 5.41) is 12.1. The van der Waals surface area contributed by atoms with E-state index in [0.29, 0.717) is 70.2 Å². The van der Waals surface area contributed by atoms with Crippen molar-refractivity contribution in [1.82, 2.24) is 14.0 Å². The van der Waals surface area contributed by atoms with Crippen LogP contribution in [-0.2, 0) is 18.9 Å². The molecule has 7 rings (SSSR count). The number of aliphatic imine (C=N–C) groups is 1. The van der Waals surface area contributed by atoms with Gasteiger partial charge in [-0.3, -0.25) is 24.2 Å². The van der Waals surface area contributed by atoms with Gasteiger partial charge >= 0.3 is 0 Å². The summed E-state index contributed by atoms with van der Waals surface area (Å²) < 4.78 is 15.0. The highest BCUT2D eigenvalue weighted by atomic mass is 16.5. The van der Waals surface area contributed by atoms with Crippen molar-refractivity contribution in [3.8, 4) is 22.6 Å². The molecule has 4 heterocycles. The molecule has 3 aromatic carbocycles. The number of methoxy groups -OCH3 is 1. The Hall–Kier alpha value is -6.83. The van der Waals surface area contributed by atoms with E-state index in [-0.39, 0.29) is 42.7 Å². The normalized spacial score (nSPS) is 14.6. The van der Waals surface area contributed by atoms with Crippen molar-refractivity contribution >= 4 is 58.3 Å². The number of rotatable bonds is 14. The van der Waals surface area contributed by atoms with Gasteiger partial charge in [-0.1, -0.05) is 12.1 Å². The Morgan fingerprint density at radius 2 is 1.44 bits per heavy atom. The molecule has 1 saturated heterocycles. The first-order valence-corrected chi connectivity index (χ1v) is 19.9. The van der Waals surface area contributed by atoms with Crippen molar-refractivity contribution in [2.75, 3.05) is 41.5 Å². The van der Waals surface area contributed by atoms with Gasteiger partial charge in [-0.2, -0.15) is 0 Å². The molecular weight excluding hydrogens is 749 g/mol. The fraction of sp³-hybridized carbons (Fsp3) is 0.311. The number of hydrogen-bond donors (Lipinski definition) is 4. The molecule has 14 nitrogen and oxygen atoms in total. The van der Waals surface area contributed by atoms with Gasteiger partial charge in [0, 0.05) is 80.4 Å². The van der Waals surface area contributed by atoms with Gasteiger partial charge in [-0.15, -0.1) is 0 Å². The number of nitrogens with zero attached hydrogens (tertiary/aromatic N) is 4. The fourth-order valence-corrected chi connectivity index (χ4v) is 7.35. The predicted octanol–water partition coefficient (Wildman–Crippen LogP) is 7.87. The van der Waals surface area contributed by atoms with Gasteiger partial charge in [-0.25, -0.2) is 0 Å². The second kappa shape index (κ2) is 17.8. The highest BCUT2D eigenvalue weighted by Gasteiger charge is 2.31. The van der Waals surface area contributed by atoms with E-state index >= 15 is 0 Å². The topological polar surface area (TPSA) is 160 Å². The predicted molar refractivity (Wildman–Crippen MR) is 231 cm³/mol. The molecule has 306 valence electrons. The molecule has 2 aliphatic rings. The number of carbonyl (C=O) groups excluding carboxylic acids is 4. The molecule has 4 amide bonds. The minimum Gasteiger partial charge on any atom is -0.493 e. The lowest BCUT2D eigenvalue weighted by molar-refractivity contribution is -0.116. The molecule has 0 bridgehead atoms. The first-order chi connectivity index (χ1) is 28.4. The van der Waals surface area contributed by atoms with E-state index in [1.54, 1.807) is 52.7 Å². The SMILES string of the molecule is COc1cc2c(cc1OCCCC(=O)Nc1cc(C(=O)Nc3ccc(-c4cc(C(=O)Nc5ccc(NC(C)C)cc5)n(C)c4)cc3)n(C)c1)N=C[C@@H]1CCCCN1C2=O. The standard InChI is InChI=1S/C45H50N8O6/c1-28(2)47-31-15-17-33(18-16-31)50-43(55)38-21-30(26-51(38)3)29-11-13-32(14-12-29)49-44(56)39-22-34(27-52(39)4)48-42(54)10-8-20-59-41-24-37-36(23-40(41)58-5)45(57)53-19-7-6-9-35(53)25-46-37/h11-18,21-28,35,47H,6-10,19-20H2,1-5H3,(H,48,54)(H,49,56)(H,50,55)/t35-/m0/s1. The third kappa shape index (κ3) is 9.49. The number of ether oxygens (including phenoxy) is 2. The van der Waals surface area contributed by atoms with Crippen molar-refractivity contribution in [3.05, 3.63) is 102 Å². The zero-order valence-electron chi connectivity index (χ0n) is 34.0. The van der Waals surface area contributed by atoms with Crippen LogP contribution in [0, 0.1) is 0 Å². The van der Waals surface area contributed by atoms with Crippen LogP contribution in [0.3, 0.4) is 0 Å². The zero-order chi connectivity index (χ0) is 41.6. The molecule has 1 atom stereocenters. The van der Waals surface area contributed by atoms with Gasteiger partial charge in [0.05, 0.1) is 36.7 Å². The summed E-state index contributed by atoms with van der Waals surface area (Å²) in [6.07, 6.45) is 8.96. The number of fused-ring (bicyclic) bond motifs is 2. The third-order valence-corrected chi connectivity index (χ3v) is 10.3. The Morgan fingerprint density at radius 3 is 2.14 bits per heavy atom. The Balaban J connectivity index is 0.891. The molecule has 0 spiro atoms. The smallest absolute Gasteiger partial charge is 0.272 e. The minimum absolute atomic E-state index is 0.00720. The molecule has 2 aromatic heterocycles. The van der Waals surface area contributed by atoms with Crippen LogP contribution in [-0.4, -0.2) is 76.2 Å². The quantitative estimate of drug-likeness (QED) is 0.0832. The van der Waals surface area contributed by atoms with Gasteiger partial charge < -0.3 is 44.8 Å². The highest BCUT2D eigenvalue weighted by Crippen LogP contribution is 2.38. The molecule has 0 aliphatic carbocycles. The first-order valence-electron chi connectivity index (χ1n) is 19.9. The van der Waals surface area contributed by atoms with Crippen molar-refractivity contribution < 1.29 is 28.7 Å². The van der Waals surface area contributed by atoms with E-state index in [0.717, 1.165) is 36.1 Å². The maximum absolute atomic E-state index is 13.3. The molecule has 0 unspecified atom stereocenters. The van der Waals surface area contributed by atoms with E-state index in [9.17, 15) is 19.2 Å². The minimum atomic E-state index is -0.336. The lowest BCUT2D eigenvalue weighted by Gasteiger charge is -2.32. The Morgan fingerprint density at radius 1 is 0.780 bits per heavy atom. The largest absolute Gasteiger partial charge is 0.493 e. The number of nitrogens with one attached hydrogen (secondary N) is 4. The second-order valence-electron chi connectivity index (χ2n) is 15.2. The van der Waals surface area contributed by atoms with Gasteiger partial charge in [0.15, 0.2) is 11.5 Å². The van der Waals surface area contributed by atoms with Crippen LogP contribution in [0.5, 0.6) is 11.5 Å². The van der Waals surface area contributed by atoms with Crippen LogP contribution < -0.4 is 30.7 Å². The average molecular weight is 799 g/mol. The molecular formula is C45H50N8O6. The summed E-state index contributed by atoms with van der Waals surface area (Å²) in [6.45, 7) is 5.09. The van der Waals surface area contributed by atoms with Gasteiger partial charge in [-0.05, 0) is 99.7 Å². The molecule has 5 aromatic rings. The van der Waals surface area contributed by atoms with Crippen LogP contribution in [0.15, 0.2) is 90.2 Å². The molecule has 0 saturated carbocycles. The number of carbonyl (C=O) groups is 4. The fourth-order valence-electron chi connectivity index (χ4n) is 7.35. The monoisotopic (exact) mass is 798 g/mol. The van der Waals surface area contributed by atoms with Crippen molar-refractivity contribution in [1.29, 1.82) is 0 Å². The van der Waals surface area contributed by atoms with E-state index in [2.05, 4.69) is 40.1 Å². The van der Waals surface area contributed by atoms with Gasteiger partial charge in [0.1, 0.15) is 11.4 Å². The number of benzene rings is 3. The van der Waals surface area contributed by atoms with E-state index < -0.39 is 0 Å². The molecule has 14 heteroatoms. The van der Waals surface area contributed by atoms with Gasteiger partial charge in [0.2, 0.25) is 5.91 Å². The molecule has 2 aliphatic heterocycles. The lowest BCUT2D eigenvalue weighted by Crippen LogP contribution is -2.43. The number of piperidine rings is 1. The van der Waals surface area contributed by atoms with E-state index in [1.807, 2.05) is 66.8 Å². The number of aryl methyl sites for hydroxylation is 2. The number of amides is 4. The van der Waals surface area contributed by atoms with Crippen LogP contribution in [0.1, 0.15) is 77.3 Å². The average Bonchev–Trinajstić information content (AvgIpc) is 3.76. The number of hydrogen-bond acceptors (Lipinski definition) is 8. The van der Waals surface area contributed by atoms with Crippen LogP contribution in [0.4, 0.5) is 28.4 Å². The molecule has 0 radical (unpaired) electrons.